The SMILES string of the molecule is CC(NC(=O)CN1C(=O)c2cccnc2Oc2ccccc21)C12CC3CC(CC(C3)C1)C2. The van der Waals surface area contributed by atoms with Crippen LogP contribution in [-0.2, 0) is 4.79 Å². The molecule has 1 unspecified atom stereocenters. The van der Waals surface area contributed by atoms with Crippen LogP contribution in [0.3, 0.4) is 0 Å². The highest BCUT2D eigenvalue weighted by Crippen LogP contribution is 2.61. The number of fused-ring (bicyclic) bond motifs is 2. The third-order valence-electron chi connectivity index (χ3n) is 8.29. The second-order valence-corrected chi connectivity index (χ2v) is 10.4. The average molecular weight is 432 g/mol. The molecule has 1 aromatic heterocycles. The number of nitrogens with zero attached hydrogens (tertiary/aromatic N) is 2. The average Bonchev–Trinajstić information content (AvgIpc) is 2.88. The zero-order chi connectivity index (χ0) is 21.9. The topological polar surface area (TPSA) is 71.5 Å². The van der Waals surface area contributed by atoms with Crippen LogP contribution in [0.15, 0.2) is 42.6 Å². The van der Waals surface area contributed by atoms with Gasteiger partial charge in [-0.3, -0.25) is 14.5 Å². The van der Waals surface area contributed by atoms with E-state index in [1.807, 2.05) is 18.2 Å². The predicted octanol–water partition coefficient (Wildman–Crippen LogP) is 4.56. The summed E-state index contributed by atoms with van der Waals surface area (Å²) in [4.78, 5) is 32.3. The van der Waals surface area contributed by atoms with Crippen LogP contribution in [-0.4, -0.2) is 29.4 Å². The van der Waals surface area contributed by atoms with Gasteiger partial charge in [-0.25, -0.2) is 4.98 Å². The van der Waals surface area contributed by atoms with Crippen molar-refractivity contribution in [1.29, 1.82) is 0 Å². The Bertz CT molecular complexity index is 1050. The first-order valence-electron chi connectivity index (χ1n) is 11.8. The van der Waals surface area contributed by atoms with Gasteiger partial charge in [0.05, 0.1) is 5.69 Å². The second kappa shape index (κ2) is 7.32. The Morgan fingerprint density at radius 2 is 1.81 bits per heavy atom. The van der Waals surface area contributed by atoms with Gasteiger partial charge in [-0.15, -0.1) is 0 Å². The highest BCUT2D eigenvalue weighted by molar-refractivity contribution is 6.11. The van der Waals surface area contributed by atoms with Gasteiger partial charge in [0.2, 0.25) is 11.8 Å². The number of ether oxygens (including phenoxy) is 1. The fraction of sp³-hybridized carbons (Fsp3) is 0.500. The quantitative estimate of drug-likeness (QED) is 0.771. The van der Waals surface area contributed by atoms with E-state index in [-0.39, 0.29) is 35.7 Å². The van der Waals surface area contributed by atoms with Crippen molar-refractivity contribution < 1.29 is 14.3 Å². The Balaban J connectivity index is 1.24. The predicted molar refractivity (Wildman–Crippen MR) is 121 cm³/mol. The smallest absolute Gasteiger partial charge is 0.264 e. The minimum atomic E-state index is -0.268. The summed E-state index contributed by atoms with van der Waals surface area (Å²) >= 11 is 0. The summed E-state index contributed by atoms with van der Waals surface area (Å²) in [6.45, 7) is 2.13. The van der Waals surface area contributed by atoms with Gasteiger partial charge in [-0.2, -0.15) is 0 Å². The zero-order valence-corrected chi connectivity index (χ0v) is 18.4. The molecule has 0 saturated heterocycles. The van der Waals surface area contributed by atoms with Crippen LogP contribution in [0.25, 0.3) is 0 Å². The van der Waals surface area contributed by atoms with Crippen molar-refractivity contribution in [2.45, 2.75) is 51.5 Å². The van der Waals surface area contributed by atoms with Crippen molar-refractivity contribution in [1.82, 2.24) is 10.3 Å². The third-order valence-corrected chi connectivity index (χ3v) is 8.29. The minimum Gasteiger partial charge on any atom is -0.436 e. The molecule has 4 saturated carbocycles. The molecule has 4 fully saturated rings. The van der Waals surface area contributed by atoms with Crippen molar-refractivity contribution >= 4 is 17.5 Å². The Morgan fingerprint density at radius 1 is 1.12 bits per heavy atom. The molecule has 32 heavy (non-hydrogen) atoms. The van der Waals surface area contributed by atoms with Crippen LogP contribution >= 0.6 is 0 Å². The summed E-state index contributed by atoms with van der Waals surface area (Å²) in [5, 5.41) is 3.29. The number of carbonyl (C=O) groups is 2. The van der Waals surface area contributed by atoms with Gasteiger partial charge in [0, 0.05) is 12.2 Å². The highest BCUT2D eigenvalue weighted by atomic mass is 16.5. The lowest BCUT2D eigenvalue weighted by molar-refractivity contribution is -0.124. The van der Waals surface area contributed by atoms with E-state index < -0.39 is 0 Å². The molecule has 166 valence electrons. The minimum absolute atomic E-state index is 0.0375. The van der Waals surface area contributed by atoms with Crippen molar-refractivity contribution in [3.63, 3.8) is 0 Å². The van der Waals surface area contributed by atoms with Gasteiger partial charge in [0.1, 0.15) is 12.1 Å². The van der Waals surface area contributed by atoms with E-state index in [9.17, 15) is 9.59 Å². The molecular weight excluding hydrogens is 402 g/mol. The van der Waals surface area contributed by atoms with E-state index in [1.165, 1.54) is 43.4 Å². The first-order valence-corrected chi connectivity index (χ1v) is 11.8. The van der Waals surface area contributed by atoms with E-state index in [4.69, 9.17) is 4.74 Å². The third kappa shape index (κ3) is 3.19. The van der Waals surface area contributed by atoms with Crippen LogP contribution in [0.5, 0.6) is 11.6 Å². The number of amides is 2. The van der Waals surface area contributed by atoms with E-state index in [0.717, 1.165) is 17.8 Å². The van der Waals surface area contributed by atoms with E-state index in [0.29, 0.717) is 17.0 Å². The number of anilines is 1. The number of carbonyl (C=O) groups excluding carboxylic acids is 2. The molecule has 0 spiro atoms. The lowest BCUT2D eigenvalue weighted by Gasteiger charge is -2.59. The monoisotopic (exact) mass is 431 g/mol. The summed E-state index contributed by atoms with van der Waals surface area (Å²) in [5.41, 5.74) is 1.18. The number of benzene rings is 1. The van der Waals surface area contributed by atoms with Crippen molar-refractivity contribution in [2.75, 3.05) is 11.4 Å². The lowest BCUT2D eigenvalue weighted by Crippen LogP contribution is -2.57. The first kappa shape index (κ1) is 19.8. The van der Waals surface area contributed by atoms with E-state index >= 15 is 0 Å². The molecule has 5 aliphatic rings. The first-order chi connectivity index (χ1) is 15.5. The molecule has 2 amide bonds. The molecule has 1 atom stereocenters. The van der Waals surface area contributed by atoms with Crippen LogP contribution < -0.4 is 15.0 Å². The molecule has 6 heteroatoms. The van der Waals surface area contributed by atoms with Gasteiger partial charge in [-0.1, -0.05) is 12.1 Å². The molecule has 2 aromatic rings. The van der Waals surface area contributed by atoms with Gasteiger partial charge in [0.15, 0.2) is 5.75 Å². The number of para-hydroxylation sites is 2. The number of pyridine rings is 1. The maximum Gasteiger partial charge on any atom is 0.264 e. The van der Waals surface area contributed by atoms with Gasteiger partial charge >= 0.3 is 0 Å². The van der Waals surface area contributed by atoms with Gasteiger partial charge in [-0.05, 0) is 92.9 Å². The molecular formula is C26H29N3O3. The summed E-state index contributed by atoms with van der Waals surface area (Å²) in [6.07, 6.45) is 9.45. The molecule has 6 nitrogen and oxygen atoms in total. The number of rotatable bonds is 4. The number of hydrogen-bond acceptors (Lipinski definition) is 4. The molecule has 1 N–H and O–H groups in total. The summed E-state index contributed by atoms with van der Waals surface area (Å²) in [6, 6.07) is 10.8. The molecule has 2 heterocycles. The largest absolute Gasteiger partial charge is 0.436 e. The molecule has 4 bridgehead atoms. The van der Waals surface area contributed by atoms with Crippen molar-refractivity contribution in [3.05, 3.63) is 48.2 Å². The van der Waals surface area contributed by atoms with Crippen LogP contribution in [0, 0.1) is 23.2 Å². The molecule has 7 rings (SSSR count). The van der Waals surface area contributed by atoms with Gasteiger partial charge < -0.3 is 10.1 Å². The second-order valence-electron chi connectivity index (χ2n) is 10.4. The standard InChI is InChI=1S/C26H29N3O3/c1-16(26-12-17-9-18(13-26)11-19(10-17)14-26)28-23(30)15-29-21-6-2-3-7-22(21)32-24-20(25(29)31)5-4-8-27-24/h2-8,16-19H,9-15H2,1H3,(H,28,30). The molecule has 4 aliphatic carbocycles. The molecule has 1 aliphatic heterocycles. The van der Waals surface area contributed by atoms with Crippen LogP contribution in [0.4, 0.5) is 5.69 Å². The number of aromatic nitrogens is 1. The molecule has 1 aromatic carbocycles. The maximum absolute atomic E-state index is 13.4. The van der Waals surface area contributed by atoms with Gasteiger partial charge in [0.25, 0.3) is 5.91 Å². The van der Waals surface area contributed by atoms with E-state index in [2.05, 4.69) is 17.2 Å². The Kier molecular flexibility index (Phi) is 4.52. The van der Waals surface area contributed by atoms with Crippen molar-refractivity contribution in [3.8, 4) is 11.6 Å². The van der Waals surface area contributed by atoms with Crippen LogP contribution in [0.1, 0.15) is 55.8 Å². The molecule has 0 radical (unpaired) electrons. The van der Waals surface area contributed by atoms with E-state index in [1.54, 1.807) is 24.4 Å². The summed E-state index contributed by atoms with van der Waals surface area (Å²) in [5.74, 6) is 2.91. The van der Waals surface area contributed by atoms with Crippen LogP contribution in [0.2, 0.25) is 0 Å². The Hall–Kier alpha value is -2.89. The lowest BCUT2D eigenvalue weighted by atomic mass is 9.48. The fourth-order valence-electron chi connectivity index (χ4n) is 7.21. The normalized spacial score (nSPS) is 30.7. The summed E-state index contributed by atoms with van der Waals surface area (Å²) in [7, 11) is 0. The fourth-order valence-corrected chi connectivity index (χ4v) is 7.21. The number of hydrogen-bond donors (Lipinski definition) is 1. The highest BCUT2D eigenvalue weighted by Gasteiger charge is 2.53. The maximum atomic E-state index is 13.4. The number of nitrogens with one attached hydrogen (secondary N) is 1. The zero-order valence-electron chi connectivity index (χ0n) is 18.4. The Morgan fingerprint density at radius 3 is 2.53 bits per heavy atom. The summed E-state index contributed by atoms with van der Waals surface area (Å²) < 4.78 is 5.93. The Labute approximate surface area is 188 Å². The van der Waals surface area contributed by atoms with Crippen molar-refractivity contribution in [2.24, 2.45) is 23.2 Å².